The van der Waals surface area contributed by atoms with E-state index in [9.17, 15) is 23.7 Å². The highest BCUT2D eigenvalue weighted by Crippen LogP contribution is 2.61. The van der Waals surface area contributed by atoms with Crippen LogP contribution in [0.2, 0.25) is 5.15 Å². The van der Waals surface area contributed by atoms with Gasteiger partial charge in [-0.3, -0.25) is 28.2 Å². The van der Waals surface area contributed by atoms with Gasteiger partial charge < -0.3 is 19.9 Å². The molecule has 20 heteroatoms. The molecule has 0 radical (unpaired) electrons. The number of aromatic amines is 1. The number of benzene rings is 1. The Morgan fingerprint density at radius 1 is 0.873 bits per heavy atom. The van der Waals surface area contributed by atoms with Gasteiger partial charge in [0.1, 0.15) is 21.3 Å². The molecule has 4 aliphatic rings. The molecule has 4 fully saturated rings. The monoisotopic (exact) mass is 877 g/mol. The van der Waals surface area contributed by atoms with E-state index in [1.165, 1.54) is 67.3 Å². The van der Waals surface area contributed by atoms with E-state index in [0.717, 1.165) is 27.7 Å². The maximum absolute atomic E-state index is 13.2. The molecule has 2 N–H and O–H groups in total. The first kappa shape index (κ1) is 44.5. The first-order chi connectivity index (χ1) is 25.9. The average Bonchev–Trinajstić information content (AvgIpc) is 3.76. The molecule has 0 unspecified atom stereocenters. The molecule has 0 atom stereocenters. The summed E-state index contributed by atoms with van der Waals surface area (Å²) in [5.74, 6) is 1.52. The van der Waals surface area contributed by atoms with Gasteiger partial charge in [-0.2, -0.15) is 10.2 Å². The van der Waals surface area contributed by atoms with Crippen molar-refractivity contribution in [2.45, 2.75) is 67.8 Å². The molecule has 0 saturated heterocycles. The van der Waals surface area contributed by atoms with Gasteiger partial charge >= 0.3 is 17.1 Å². The van der Waals surface area contributed by atoms with Gasteiger partial charge in [0.05, 0.1) is 31.2 Å². The summed E-state index contributed by atoms with van der Waals surface area (Å²) in [7, 11) is 5.10. The van der Waals surface area contributed by atoms with Crippen LogP contribution in [0.1, 0.15) is 83.4 Å². The highest BCUT2D eigenvalue weighted by molar-refractivity contribution is 8.24. The van der Waals surface area contributed by atoms with Crippen molar-refractivity contribution in [1.29, 1.82) is 0 Å². The van der Waals surface area contributed by atoms with E-state index < -0.39 is 17.1 Å². The molecular weight excluding hydrogens is 835 g/mol. The van der Waals surface area contributed by atoms with Crippen LogP contribution in [0.25, 0.3) is 0 Å². The van der Waals surface area contributed by atoms with Gasteiger partial charge in [0.25, 0.3) is 11.5 Å². The van der Waals surface area contributed by atoms with Crippen LogP contribution in [0.15, 0.2) is 63.6 Å². The summed E-state index contributed by atoms with van der Waals surface area (Å²) < 4.78 is 23.3. The van der Waals surface area contributed by atoms with Crippen molar-refractivity contribution in [2.24, 2.45) is 38.9 Å². The first-order valence-corrected chi connectivity index (χ1v) is 23.1. The second-order valence-corrected chi connectivity index (χ2v) is 21.5. The zero-order valence-corrected chi connectivity index (χ0v) is 35.7. The number of esters is 2. The van der Waals surface area contributed by atoms with Crippen LogP contribution in [-0.4, -0.2) is 65.9 Å². The lowest BCUT2D eigenvalue weighted by Crippen LogP contribution is -2.59. The number of nitrogens with one attached hydrogen (secondary N) is 2. The Kier molecular flexibility index (Phi) is 16.0. The largest absolute Gasteiger partial charge is 0.462 e. The van der Waals surface area contributed by atoms with Crippen LogP contribution in [0.4, 0.5) is 0 Å². The molecule has 4 bridgehead atoms. The first-order valence-electron chi connectivity index (χ1n) is 17.5. The Bertz CT molecular complexity index is 2000. The van der Waals surface area contributed by atoms with Gasteiger partial charge in [-0.1, -0.05) is 41.6 Å². The third-order valence-electron chi connectivity index (χ3n) is 9.30. The SMILES string of the molecule is CCOC(=O)c1c[nH]n(C)c1=O.CCOC(=O)c1cnn(C)c1Cl.Cn1ncc(C(=O)NC23CC4CC(CC(C4)C2)C3)c1Sc1ccccc1.O=P(Cl)(Cl)Cl. The summed E-state index contributed by atoms with van der Waals surface area (Å²) in [5, 5.41) is 12.2. The predicted octanol–water partition coefficient (Wildman–Crippen LogP) is 8.22. The number of rotatable bonds is 8. The number of H-pyrrole nitrogens is 1. The van der Waals surface area contributed by atoms with Crippen LogP contribution in [0.3, 0.4) is 0 Å². The Labute approximate surface area is 342 Å². The van der Waals surface area contributed by atoms with E-state index in [2.05, 4.69) is 71.2 Å². The number of hydrogen-bond donors (Lipinski definition) is 2. The lowest BCUT2D eigenvalue weighted by atomic mass is 9.53. The Balaban J connectivity index is 0.000000194. The number of aryl methyl sites for hydroxylation is 3. The van der Waals surface area contributed by atoms with E-state index in [1.54, 1.807) is 38.9 Å². The number of carbonyl (C=O) groups excluding carboxylic acids is 3. The average molecular weight is 880 g/mol. The molecule has 300 valence electrons. The van der Waals surface area contributed by atoms with E-state index in [-0.39, 0.29) is 29.2 Å². The third kappa shape index (κ3) is 12.6. The van der Waals surface area contributed by atoms with Crippen molar-refractivity contribution < 1.29 is 28.4 Å². The van der Waals surface area contributed by atoms with Crippen molar-refractivity contribution in [3.05, 3.63) is 81.1 Å². The number of hydrogen-bond acceptors (Lipinski definition) is 10. The number of amides is 1. The zero-order valence-electron chi connectivity index (χ0n) is 31.0. The molecule has 3 aromatic heterocycles. The van der Waals surface area contributed by atoms with Crippen LogP contribution in [0.5, 0.6) is 0 Å². The van der Waals surface area contributed by atoms with E-state index in [4.69, 9.17) is 16.3 Å². The maximum atomic E-state index is 13.2. The highest BCUT2D eigenvalue weighted by atomic mass is 36.0. The van der Waals surface area contributed by atoms with Gasteiger partial charge in [0, 0.05) is 37.8 Å². The van der Waals surface area contributed by atoms with Crippen molar-refractivity contribution in [3.8, 4) is 0 Å². The van der Waals surface area contributed by atoms with Crippen LogP contribution in [0, 0.1) is 17.8 Å². The molecule has 4 aromatic rings. The molecule has 4 aliphatic carbocycles. The lowest BCUT2D eigenvalue weighted by Gasteiger charge is -2.56. The summed E-state index contributed by atoms with van der Waals surface area (Å²) in [6.45, 7) is 4.04. The molecule has 1 amide bonds. The summed E-state index contributed by atoms with van der Waals surface area (Å²) in [4.78, 5) is 47.6. The van der Waals surface area contributed by atoms with Crippen molar-refractivity contribution >= 4 is 80.1 Å². The molecular formula is C35H44Cl4N7O7PS. The summed E-state index contributed by atoms with van der Waals surface area (Å²) in [6, 6.07) is 10.2. The standard InChI is InChI=1S/C21H25N3OS.C7H9ClN2O2.C7H10N2O3.Cl3OP/c1-24-20(26-17-5-3-2-4-6-17)18(13-22-24)19(25)23-21-10-14-7-15(11-21)9-16(8-14)12-21;1-3-12-7(11)5-4-9-10(2)6(5)8;1-3-12-7(11)5-4-8-9(2)6(5)10;1-5(2,3)4/h2-6,13-16H,7-12H2,1H3,(H,23,25);4H,3H2,1-2H3;4,8H,3H2,1-2H3;. The molecule has 0 spiro atoms. The summed E-state index contributed by atoms with van der Waals surface area (Å²) >= 11 is 21.2. The number of nitrogens with zero attached hydrogens (tertiary/aromatic N) is 5. The lowest BCUT2D eigenvalue weighted by molar-refractivity contribution is -0.0167. The van der Waals surface area contributed by atoms with Crippen molar-refractivity contribution in [1.82, 2.24) is 34.7 Å². The quantitative estimate of drug-likeness (QED) is 0.130. The highest BCUT2D eigenvalue weighted by Gasteiger charge is 2.51. The second-order valence-electron chi connectivity index (χ2n) is 13.4. The number of ether oxygens (including phenoxy) is 2. The third-order valence-corrected chi connectivity index (χ3v) is 10.9. The number of aromatic nitrogens is 6. The summed E-state index contributed by atoms with van der Waals surface area (Å²) in [6.07, 6.45) is 12.1. The van der Waals surface area contributed by atoms with Gasteiger partial charge in [0.15, 0.2) is 0 Å². The minimum absolute atomic E-state index is 0.0381. The normalized spacial score (nSPS) is 20.5. The minimum Gasteiger partial charge on any atom is -0.462 e. The van der Waals surface area contributed by atoms with Crippen molar-refractivity contribution in [2.75, 3.05) is 13.2 Å². The van der Waals surface area contributed by atoms with Crippen LogP contribution in [-0.2, 0) is 35.2 Å². The Morgan fingerprint density at radius 3 is 1.82 bits per heavy atom. The second kappa shape index (κ2) is 19.8. The van der Waals surface area contributed by atoms with E-state index >= 15 is 0 Å². The summed E-state index contributed by atoms with van der Waals surface area (Å²) in [5.41, 5.74) is 0.724. The number of halogens is 4. The molecule has 0 aliphatic heterocycles. The molecule has 4 saturated carbocycles. The van der Waals surface area contributed by atoms with Gasteiger partial charge in [-0.05, 0) is 116 Å². The topological polar surface area (TPSA) is 172 Å². The fraction of sp³-hybridized carbons (Fsp3) is 0.486. The fourth-order valence-electron chi connectivity index (χ4n) is 7.46. The Hall–Kier alpha value is -3.20. The molecule has 14 nitrogen and oxygen atoms in total. The van der Waals surface area contributed by atoms with Gasteiger partial charge in [-0.15, -0.1) is 0 Å². The maximum Gasteiger partial charge on any atom is 0.345 e. The Morgan fingerprint density at radius 2 is 1.36 bits per heavy atom. The molecule has 8 rings (SSSR count). The van der Waals surface area contributed by atoms with Gasteiger partial charge in [-0.25, -0.2) is 9.59 Å². The van der Waals surface area contributed by atoms with E-state index in [1.807, 2.05) is 29.9 Å². The zero-order chi connectivity index (χ0) is 40.5. The van der Waals surface area contributed by atoms with Gasteiger partial charge in [0.2, 0.25) is 0 Å². The van der Waals surface area contributed by atoms with Crippen LogP contribution < -0.4 is 10.9 Å². The molecule has 1 aromatic carbocycles. The van der Waals surface area contributed by atoms with Crippen LogP contribution >= 0.6 is 62.3 Å². The van der Waals surface area contributed by atoms with E-state index in [0.29, 0.717) is 22.9 Å². The smallest absolute Gasteiger partial charge is 0.345 e. The minimum atomic E-state index is -3.22. The number of carbonyl (C=O) groups is 3. The molecule has 55 heavy (non-hydrogen) atoms. The fourth-order valence-corrected chi connectivity index (χ4v) is 8.58. The van der Waals surface area contributed by atoms with Crippen molar-refractivity contribution in [3.63, 3.8) is 0 Å². The molecule has 3 heterocycles. The predicted molar refractivity (Wildman–Crippen MR) is 213 cm³/mol.